The van der Waals surface area contributed by atoms with E-state index in [9.17, 15) is 30.7 Å². The molecule has 0 atom stereocenters. The van der Waals surface area contributed by atoms with Gasteiger partial charge in [-0.3, -0.25) is 19.2 Å². The largest absolute Gasteiger partial charge is 0.504 e. The van der Waals surface area contributed by atoms with Gasteiger partial charge in [0, 0.05) is 38.3 Å². The second kappa shape index (κ2) is 22.9. The van der Waals surface area contributed by atoms with E-state index < -0.39 is 31.7 Å². The molecule has 4 aromatic carbocycles. The summed E-state index contributed by atoms with van der Waals surface area (Å²) in [5.41, 5.74) is 2.28. The molecule has 0 radical (unpaired) electrons. The maximum absolute atomic E-state index is 14.6. The topological polar surface area (TPSA) is 165 Å². The van der Waals surface area contributed by atoms with Gasteiger partial charge in [0.25, 0.3) is 0 Å². The van der Waals surface area contributed by atoms with Crippen molar-refractivity contribution in [1.29, 1.82) is 0 Å². The zero-order valence-corrected chi connectivity index (χ0v) is 36.5. The van der Waals surface area contributed by atoms with Gasteiger partial charge in [-0.15, -0.1) is 0 Å². The van der Waals surface area contributed by atoms with Crippen molar-refractivity contribution in [2.24, 2.45) is 0 Å². The minimum atomic E-state index is -3.59. The quantitative estimate of drug-likeness (QED) is 0.0885. The summed E-state index contributed by atoms with van der Waals surface area (Å²) in [5.74, 6) is -0.687. The highest BCUT2D eigenvalue weighted by Gasteiger charge is 2.18. The van der Waals surface area contributed by atoms with Crippen molar-refractivity contribution in [3.05, 3.63) is 95.6 Å². The van der Waals surface area contributed by atoms with E-state index in [1.54, 1.807) is 24.3 Å². The molecule has 6 rings (SSSR count). The summed E-state index contributed by atoms with van der Waals surface area (Å²) in [6.45, 7) is 11.2. The number of halogens is 2. The highest BCUT2D eigenvalue weighted by atomic mass is 32.2. The normalized spacial score (nSPS) is 15.0. The number of nitrogens with one attached hydrogen (secondary N) is 2. The molecule has 0 aromatic heterocycles. The second-order valence-electron chi connectivity index (χ2n) is 14.4. The van der Waals surface area contributed by atoms with Gasteiger partial charge in [0.05, 0.1) is 56.4 Å². The van der Waals surface area contributed by atoms with Gasteiger partial charge in [-0.2, -0.15) is 0 Å². The van der Waals surface area contributed by atoms with Crippen LogP contribution in [0.2, 0.25) is 0 Å². The summed E-state index contributed by atoms with van der Waals surface area (Å²) in [5, 5.41) is 10.0. The van der Waals surface area contributed by atoms with Gasteiger partial charge < -0.3 is 28.8 Å². The molecule has 0 aliphatic carbocycles. The summed E-state index contributed by atoms with van der Waals surface area (Å²) in [6.07, 6.45) is 2.56. The Morgan fingerprint density at radius 2 is 1.03 bits per heavy atom. The summed E-state index contributed by atoms with van der Waals surface area (Å²) < 4.78 is 110. The zero-order chi connectivity index (χ0) is 43.8. The van der Waals surface area contributed by atoms with E-state index >= 15 is 0 Å². The van der Waals surface area contributed by atoms with Crippen LogP contribution in [-0.2, 0) is 42.4 Å². The molecule has 0 amide bonds. The number of sulfonamides is 2. The Hall–Kier alpha value is -4.72. The zero-order valence-electron chi connectivity index (χ0n) is 34.8. The Kier molecular flexibility index (Phi) is 17.8. The fourth-order valence-electron chi connectivity index (χ4n) is 6.48. The van der Waals surface area contributed by atoms with E-state index in [0.717, 1.165) is 62.3 Å². The van der Waals surface area contributed by atoms with Crippen LogP contribution in [0.15, 0.2) is 72.8 Å². The Labute approximate surface area is 357 Å². The standard InChI is InChI=1S/C22H29FN2O5S.C21H27FN2O5S/c1-3-17-5-7-21(22(15-17)28-2)30-20-8-6-18(16-19(20)23)24-31(26,27)14-4-9-25-10-12-29-13-11-25;1-2-16-4-6-21(19(25)14-16)29-20-7-5-17(15-18(20)22)23-30(26,27)13-3-8-24-9-11-28-12-10-24/h5-8,15-16,24H,3-4,9-14H2,1-2H3;4-7,14-15,23,25H,2-3,8-13H2,1H3. The molecule has 2 heterocycles. The fourth-order valence-corrected chi connectivity index (χ4v) is 8.68. The van der Waals surface area contributed by atoms with Crippen molar-refractivity contribution in [2.75, 3.05) is 93.8 Å². The first-order valence-electron chi connectivity index (χ1n) is 20.3. The third kappa shape index (κ3) is 15.3. The number of anilines is 2. The lowest BCUT2D eigenvalue weighted by Crippen LogP contribution is -2.37. The lowest BCUT2D eigenvalue weighted by Gasteiger charge is -2.26. The van der Waals surface area contributed by atoms with Crippen molar-refractivity contribution in [3.63, 3.8) is 0 Å². The first kappa shape index (κ1) is 47.3. The minimum Gasteiger partial charge on any atom is -0.504 e. The van der Waals surface area contributed by atoms with E-state index in [4.69, 9.17) is 23.7 Å². The number of aryl methyl sites for hydroxylation is 2. The maximum Gasteiger partial charge on any atom is 0.232 e. The first-order chi connectivity index (χ1) is 29.3. The molecule has 2 fully saturated rings. The summed E-state index contributed by atoms with van der Waals surface area (Å²) in [4.78, 5) is 4.33. The van der Waals surface area contributed by atoms with Crippen molar-refractivity contribution in [3.8, 4) is 34.5 Å². The number of morpholine rings is 2. The smallest absolute Gasteiger partial charge is 0.232 e. The van der Waals surface area contributed by atoms with Crippen LogP contribution >= 0.6 is 0 Å². The average molecular weight is 891 g/mol. The van der Waals surface area contributed by atoms with E-state index in [0.29, 0.717) is 63.9 Å². The molecule has 0 bridgehead atoms. The monoisotopic (exact) mass is 890 g/mol. The van der Waals surface area contributed by atoms with E-state index in [1.807, 2.05) is 26.0 Å². The van der Waals surface area contributed by atoms with E-state index in [1.165, 1.54) is 31.4 Å². The van der Waals surface area contributed by atoms with Gasteiger partial charge in [-0.25, -0.2) is 25.6 Å². The SMILES string of the molecule is CCc1ccc(Oc2ccc(NS(=O)(=O)CCCN3CCOCC3)cc2F)c(O)c1.CCc1ccc(Oc2ccc(NS(=O)(=O)CCCN3CCOCC3)cc2F)c(OC)c1. The minimum absolute atomic E-state index is 0.0159. The number of rotatable bonds is 19. The first-order valence-corrected chi connectivity index (χ1v) is 23.6. The predicted octanol–water partition coefficient (Wildman–Crippen LogP) is 7.00. The molecule has 4 aromatic rings. The maximum atomic E-state index is 14.6. The highest BCUT2D eigenvalue weighted by molar-refractivity contribution is 7.92. The van der Waals surface area contributed by atoms with Crippen LogP contribution in [0.1, 0.15) is 37.8 Å². The molecular weight excluding hydrogens is 835 g/mol. The van der Waals surface area contributed by atoms with E-state index in [2.05, 4.69) is 19.2 Å². The summed E-state index contributed by atoms with van der Waals surface area (Å²) in [7, 11) is -5.65. The highest BCUT2D eigenvalue weighted by Crippen LogP contribution is 2.35. The molecule has 2 saturated heterocycles. The summed E-state index contributed by atoms with van der Waals surface area (Å²) >= 11 is 0. The lowest BCUT2D eigenvalue weighted by atomic mass is 10.1. The molecular formula is C43H56F2N4O10S2. The van der Waals surface area contributed by atoms with Crippen molar-refractivity contribution < 1.29 is 54.4 Å². The average Bonchev–Trinajstić information content (AvgIpc) is 3.24. The number of nitrogens with zero attached hydrogens (tertiary/aromatic N) is 2. The number of ether oxygens (including phenoxy) is 5. The lowest BCUT2D eigenvalue weighted by molar-refractivity contribution is 0.0380. The summed E-state index contributed by atoms with van der Waals surface area (Å²) in [6, 6.07) is 18.2. The van der Waals surface area contributed by atoms with Crippen LogP contribution < -0.4 is 23.7 Å². The molecule has 61 heavy (non-hydrogen) atoms. The van der Waals surface area contributed by atoms with Crippen LogP contribution in [-0.4, -0.2) is 116 Å². The Morgan fingerprint density at radius 1 is 0.607 bits per heavy atom. The van der Waals surface area contributed by atoms with Crippen molar-refractivity contribution in [2.45, 2.75) is 39.5 Å². The van der Waals surface area contributed by atoms with Crippen LogP contribution in [0.4, 0.5) is 20.2 Å². The molecule has 334 valence electrons. The molecule has 0 spiro atoms. The molecule has 14 nitrogen and oxygen atoms in total. The van der Waals surface area contributed by atoms with Crippen molar-refractivity contribution >= 4 is 31.4 Å². The number of phenols is 1. The number of phenolic OH excluding ortho intramolecular Hbond substituents is 1. The number of hydrogen-bond acceptors (Lipinski definition) is 12. The molecule has 18 heteroatoms. The number of aromatic hydroxyl groups is 1. The predicted molar refractivity (Wildman–Crippen MR) is 231 cm³/mol. The van der Waals surface area contributed by atoms with Gasteiger partial charge in [-0.1, -0.05) is 26.0 Å². The van der Waals surface area contributed by atoms with Crippen LogP contribution in [0.5, 0.6) is 34.5 Å². The second-order valence-corrected chi connectivity index (χ2v) is 18.1. The molecule has 2 aliphatic heterocycles. The molecule has 0 unspecified atom stereocenters. The molecule has 0 saturated carbocycles. The third-order valence-electron chi connectivity index (χ3n) is 9.90. The van der Waals surface area contributed by atoms with Gasteiger partial charge >= 0.3 is 0 Å². The van der Waals surface area contributed by atoms with Crippen LogP contribution in [0.25, 0.3) is 0 Å². The van der Waals surface area contributed by atoms with Crippen LogP contribution in [0, 0.1) is 11.6 Å². The number of benzene rings is 4. The van der Waals surface area contributed by atoms with Crippen LogP contribution in [0.3, 0.4) is 0 Å². The van der Waals surface area contributed by atoms with Gasteiger partial charge in [0.2, 0.25) is 20.0 Å². The molecule has 2 aliphatic rings. The van der Waals surface area contributed by atoms with Gasteiger partial charge in [-0.05, 0) is 98.4 Å². The Bertz CT molecular complexity index is 2260. The Balaban J connectivity index is 0.000000231. The van der Waals surface area contributed by atoms with Gasteiger partial charge in [0.15, 0.2) is 46.1 Å². The fraction of sp³-hybridized carbons (Fsp3) is 0.442. The van der Waals surface area contributed by atoms with Gasteiger partial charge in [0.1, 0.15) is 0 Å². The Morgan fingerprint density at radius 3 is 1.46 bits per heavy atom. The number of methoxy groups -OCH3 is 1. The van der Waals surface area contributed by atoms with Crippen molar-refractivity contribution in [1.82, 2.24) is 9.80 Å². The molecule has 3 N–H and O–H groups in total. The van der Waals surface area contributed by atoms with E-state index in [-0.39, 0.29) is 45.9 Å². The third-order valence-corrected chi connectivity index (χ3v) is 12.6. The number of hydrogen-bond donors (Lipinski definition) is 3.